The van der Waals surface area contributed by atoms with Crippen molar-refractivity contribution in [1.29, 1.82) is 5.26 Å². The van der Waals surface area contributed by atoms with Crippen molar-refractivity contribution < 1.29 is 4.92 Å². The molecule has 1 unspecified atom stereocenters. The van der Waals surface area contributed by atoms with Crippen molar-refractivity contribution in [2.75, 3.05) is 5.32 Å². The molecule has 5 nitrogen and oxygen atoms in total. The van der Waals surface area contributed by atoms with E-state index in [1.54, 1.807) is 18.2 Å². The van der Waals surface area contributed by atoms with E-state index in [4.69, 9.17) is 16.9 Å². The van der Waals surface area contributed by atoms with Crippen LogP contribution in [0.4, 0.5) is 11.4 Å². The van der Waals surface area contributed by atoms with Gasteiger partial charge in [-0.2, -0.15) is 5.26 Å². The number of nitro groups is 1. The van der Waals surface area contributed by atoms with E-state index >= 15 is 0 Å². The van der Waals surface area contributed by atoms with Gasteiger partial charge in [0.2, 0.25) is 0 Å². The van der Waals surface area contributed by atoms with Crippen molar-refractivity contribution in [3.05, 3.63) is 68.7 Å². The molecular formula is C15H12ClN3O2. The summed E-state index contributed by atoms with van der Waals surface area (Å²) in [6, 6.07) is 13.8. The predicted octanol–water partition coefficient (Wildman–Crippen LogP) is 4.29. The maximum absolute atomic E-state index is 10.7. The molecule has 0 fully saturated rings. The van der Waals surface area contributed by atoms with Gasteiger partial charge in [-0.15, -0.1) is 0 Å². The molecule has 2 aromatic carbocycles. The van der Waals surface area contributed by atoms with Gasteiger partial charge in [-0.3, -0.25) is 10.1 Å². The fourth-order valence-electron chi connectivity index (χ4n) is 1.96. The fourth-order valence-corrected chi connectivity index (χ4v) is 2.21. The Morgan fingerprint density at radius 2 is 2.10 bits per heavy atom. The molecule has 21 heavy (non-hydrogen) atoms. The van der Waals surface area contributed by atoms with Gasteiger partial charge in [-0.05, 0) is 36.8 Å². The molecule has 0 saturated carbocycles. The summed E-state index contributed by atoms with van der Waals surface area (Å²) in [5.74, 6) is 0. The van der Waals surface area contributed by atoms with E-state index in [9.17, 15) is 10.1 Å². The number of benzene rings is 2. The number of hydrogen-bond donors (Lipinski definition) is 1. The molecule has 0 aliphatic carbocycles. The van der Waals surface area contributed by atoms with Crippen LogP contribution in [0, 0.1) is 21.4 Å². The molecule has 6 heteroatoms. The summed E-state index contributed by atoms with van der Waals surface area (Å²) < 4.78 is 0. The van der Waals surface area contributed by atoms with E-state index < -0.39 is 4.92 Å². The molecule has 2 aromatic rings. The molecule has 0 bridgehead atoms. The minimum atomic E-state index is -0.522. The number of nitrogens with one attached hydrogen (secondary N) is 1. The van der Waals surface area contributed by atoms with Crippen LogP contribution in [0.25, 0.3) is 0 Å². The first-order valence-electron chi connectivity index (χ1n) is 6.22. The van der Waals surface area contributed by atoms with Crippen LogP contribution in [0.3, 0.4) is 0 Å². The SMILES string of the molecule is CC(Nc1ccc([N+](=O)[O-])c(Cl)c1)c1cccc(C#N)c1. The van der Waals surface area contributed by atoms with E-state index in [2.05, 4.69) is 11.4 Å². The summed E-state index contributed by atoms with van der Waals surface area (Å²) in [7, 11) is 0. The van der Waals surface area contributed by atoms with Crippen molar-refractivity contribution in [3.63, 3.8) is 0 Å². The number of nitro benzene ring substituents is 1. The van der Waals surface area contributed by atoms with E-state index in [0.29, 0.717) is 11.3 Å². The van der Waals surface area contributed by atoms with Crippen LogP contribution in [0.2, 0.25) is 5.02 Å². The lowest BCUT2D eigenvalue weighted by atomic mass is 10.1. The topological polar surface area (TPSA) is 79.0 Å². The Morgan fingerprint density at radius 3 is 2.71 bits per heavy atom. The highest BCUT2D eigenvalue weighted by molar-refractivity contribution is 6.32. The quantitative estimate of drug-likeness (QED) is 0.674. The van der Waals surface area contributed by atoms with Crippen molar-refractivity contribution >= 4 is 23.0 Å². The molecular weight excluding hydrogens is 290 g/mol. The minimum Gasteiger partial charge on any atom is -0.378 e. The van der Waals surface area contributed by atoms with Crippen LogP contribution >= 0.6 is 11.6 Å². The fraction of sp³-hybridized carbons (Fsp3) is 0.133. The predicted molar refractivity (Wildman–Crippen MR) is 81.3 cm³/mol. The van der Waals surface area contributed by atoms with Crippen LogP contribution in [0.5, 0.6) is 0 Å². The molecule has 106 valence electrons. The highest BCUT2D eigenvalue weighted by Gasteiger charge is 2.13. The van der Waals surface area contributed by atoms with E-state index in [-0.39, 0.29) is 16.8 Å². The maximum atomic E-state index is 10.7. The molecule has 1 N–H and O–H groups in total. The van der Waals surface area contributed by atoms with Crippen LogP contribution in [-0.4, -0.2) is 4.92 Å². The smallest absolute Gasteiger partial charge is 0.288 e. The van der Waals surface area contributed by atoms with Crippen LogP contribution in [0.1, 0.15) is 24.1 Å². The van der Waals surface area contributed by atoms with Crippen molar-refractivity contribution in [1.82, 2.24) is 0 Å². The Morgan fingerprint density at radius 1 is 1.33 bits per heavy atom. The van der Waals surface area contributed by atoms with Gasteiger partial charge in [0.1, 0.15) is 5.02 Å². The summed E-state index contributed by atoms with van der Waals surface area (Å²) in [5.41, 5.74) is 2.09. The first kappa shape index (κ1) is 14.8. The Kier molecular flexibility index (Phi) is 4.41. The van der Waals surface area contributed by atoms with E-state index in [1.165, 1.54) is 12.1 Å². The number of nitriles is 1. The van der Waals surface area contributed by atoms with Crippen molar-refractivity contribution in [2.45, 2.75) is 13.0 Å². The standard InChI is InChI=1S/C15H12ClN3O2/c1-10(12-4-2-3-11(7-12)9-17)18-13-5-6-15(19(20)21)14(16)8-13/h2-8,10,18H,1H3. The first-order chi connectivity index (χ1) is 10.0. The van der Waals surface area contributed by atoms with Gasteiger partial charge < -0.3 is 5.32 Å². The molecule has 0 radical (unpaired) electrons. The Bertz CT molecular complexity index is 725. The number of anilines is 1. The summed E-state index contributed by atoms with van der Waals surface area (Å²) in [4.78, 5) is 10.2. The van der Waals surface area contributed by atoms with Gasteiger partial charge in [0.25, 0.3) is 5.69 Å². The molecule has 2 rings (SSSR count). The second-order valence-electron chi connectivity index (χ2n) is 4.53. The normalized spacial score (nSPS) is 11.5. The minimum absolute atomic E-state index is 0.0594. The second-order valence-corrected chi connectivity index (χ2v) is 4.93. The molecule has 1 atom stereocenters. The second kappa shape index (κ2) is 6.25. The van der Waals surface area contributed by atoms with Crippen LogP contribution in [-0.2, 0) is 0 Å². The largest absolute Gasteiger partial charge is 0.378 e. The zero-order chi connectivity index (χ0) is 15.4. The third kappa shape index (κ3) is 3.50. The molecule has 0 aliphatic rings. The summed E-state index contributed by atoms with van der Waals surface area (Å²) in [5, 5.41) is 22.9. The van der Waals surface area contributed by atoms with Crippen molar-refractivity contribution in [2.24, 2.45) is 0 Å². The Labute approximate surface area is 126 Å². The molecule has 0 amide bonds. The average Bonchev–Trinajstić information content (AvgIpc) is 2.47. The average molecular weight is 302 g/mol. The lowest BCUT2D eigenvalue weighted by Gasteiger charge is -2.16. The molecule has 0 aliphatic heterocycles. The summed E-state index contributed by atoms with van der Waals surface area (Å²) in [6.07, 6.45) is 0. The van der Waals surface area contributed by atoms with Gasteiger partial charge in [-0.25, -0.2) is 0 Å². The number of rotatable bonds is 4. The van der Waals surface area contributed by atoms with Gasteiger partial charge in [-0.1, -0.05) is 23.7 Å². The molecule has 0 spiro atoms. The highest BCUT2D eigenvalue weighted by Crippen LogP contribution is 2.29. The highest BCUT2D eigenvalue weighted by atomic mass is 35.5. The van der Waals surface area contributed by atoms with Crippen molar-refractivity contribution in [3.8, 4) is 6.07 Å². The Hall–Kier alpha value is -2.58. The van der Waals surface area contributed by atoms with Crippen LogP contribution < -0.4 is 5.32 Å². The van der Waals surface area contributed by atoms with Gasteiger partial charge in [0, 0.05) is 17.8 Å². The Balaban J connectivity index is 2.19. The lowest BCUT2D eigenvalue weighted by Crippen LogP contribution is -2.07. The van der Waals surface area contributed by atoms with Gasteiger partial charge >= 0.3 is 0 Å². The molecule has 0 saturated heterocycles. The zero-order valence-corrected chi connectivity index (χ0v) is 12.0. The monoisotopic (exact) mass is 301 g/mol. The van der Waals surface area contributed by atoms with E-state index in [1.807, 2.05) is 19.1 Å². The molecule has 0 heterocycles. The number of nitrogens with zero attached hydrogens (tertiary/aromatic N) is 2. The van der Waals surface area contributed by atoms with E-state index in [0.717, 1.165) is 5.56 Å². The lowest BCUT2D eigenvalue weighted by molar-refractivity contribution is -0.384. The number of hydrogen-bond acceptors (Lipinski definition) is 4. The maximum Gasteiger partial charge on any atom is 0.288 e. The number of halogens is 1. The van der Waals surface area contributed by atoms with Crippen LogP contribution in [0.15, 0.2) is 42.5 Å². The summed E-state index contributed by atoms with van der Waals surface area (Å²) >= 11 is 5.88. The first-order valence-corrected chi connectivity index (χ1v) is 6.59. The summed E-state index contributed by atoms with van der Waals surface area (Å²) in [6.45, 7) is 1.94. The van der Waals surface area contributed by atoms with Gasteiger partial charge in [0.05, 0.1) is 16.6 Å². The van der Waals surface area contributed by atoms with Gasteiger partial charge in [0.15, 0.2) is 0 Å². The third-order valence-corrected chi connectivity index (χ3v) is 3.35. The molecule has 0 aromatic heterocycles. The third-order valence-electron chi connectivity index (χ3n) is 3.04. The zero-order valence-electron chi connectivity index (χ0n) is 11.2.